The topological polar surface area (TPSA) is 369 Å². The second kappa shape index (κ2) is 17.7. The monoisotopic (exact) mass is 968 g/mol. The summed E-state index contributed by atoms with van der Waals surface area (Å²) in [5.41, 5.74) is -1.72. The molecule has 0 atom stereocenters. The smallest absolute Gasteiger partial charge is 0.505 e. The molecule has 0 amide bonds. The number of halogens is 1. The summed E-state index contributed by atoms with van der Waals surface area (Å²) in [6.07, 6.45) is 0. The molecule has 0 spiro atoms. The Morgan fingerprint density at radius 1 is 0.639 bits per heavy atom. The minimum Gasteiger partial charge on any atom is -0.505 e. The van der Waals surface area contributed by atoms with Crippen LogP contribution in [-0.4, -0.2) is 92.7 Å². The molecule has 0 unspecified atom stereocenters. The Labute approximate surface area is 372 Å². The van der Waals surface area contributed by atoms with Crippen LogP contribution in [0.2, 0.25) is 5.28 Å². The van der Waals surface area contributed by atoms with Gasteiger partial charge < -0.3 is 15.7 Å². The van der Waals surface area contributed by atoms with E-state index in [1.54, 1.807) is 0 Å². The number of hydrogen-bond acceptors (Lipinski definition) is 19. The number of phenols is 1. The zero-order valence-corrected chi connectivity index (χ0v) is 37.1. The molecule has 30 heteroatoms. The van der Waals surface area contributed by atoms with Gasteiger partial charge in [0.15, 0.2) is 9.84 Å². The third-order valence-corrected chi connectivity index (χ3v) is 12.9. The van der Waals surface area contributed by atoms with E-state index in [0.717, 1.165) is 42.5 Å². The van der Waals surface area contributed by atoms with Crippen LogP contribution in [0.1, 0.15) is 0 Å². The van der Waals surface area contributed by atoms with Gasteiger partial charge in [-0.05, 0) is 65.5 Å². The van der Waals surface area contributed by atoms with Crippen LogP contribution in [0.5, 0.6) is 5.75 Å². The average molecular weight is 969 g/mol. The summed E-state index contributed by atoms with van der Waals surface area (Å²) in [4.78, 5) is 9.29. The number of nitrogens with one attached hydrogen (secondary N) is 2. The number of rotatable bonds is 14. The number of anilines is 4. The fourth-order valence-corrected chi connectivity index (χ4v) is 9.01. The average Bonchev–Trinajstić information content (AvgIpc) is 3.13. The molecule has 0 radical (unpaired) electrons. The number of fused-ring (bicyclic) bond motifs is 2. The quantitative estimate of drug-likeness (QED) is 0.0354. The van der Waals surface area contributed by atoms with Crippen molar-refractivity contribution in [1.29, 1.82) is 0 Å². The van der Waals surface area contributed by atoms with Gasteiger partial charge in [-0.15, -0.1) is 10.2 Å². The summed E-state index contributed by atoms with van der Waals surface area (Å²) < 4.78 is 163. The molecule has 0 aliphatic carbocycles. The Morgan fingerprint density at radius 2 is 1.21 bits per heavy atom. The van der Waals surface area contributed by atoms with E-state index in [9.17, 15) is 60.9 Å². The van der Waals surface area contributed by atoms with Gasteiger partial charge in [-0.25, -0.2) is 12.6 Å². The van der Waals surface area contributed by atoms with Gasteiger partial charge in [-0.1, -0.05) is 30.3 Å². The molecule has 0 aliphatic heterocycles. The van der Waals surface area contributed by atoms with Crippen LogP contribution in [0.3, 0.4) is 0 Å². The van der Waals surface area contributed by atoms with Gasteiger partial charge in [-0.2, -0.15) is 48.6 Å². The fourth-order valence-electron chi connectivity index (χ4n) is 5.46. The molecule has 61 heavy (non-hydrogen) atoms. The Bertz CT molecular complexity index is 3340. The predicted molar refractivity (Wildman–Crippen MR) is 211 cm³/mol. The maximum atomic E-state index is 13.0. The molecule has 1 heterocycles. The van der Waals surface area contributed by atoms with Gasteiger partial charge >= 0.3 is 40.0 Å². The van der Waals surface area contributed by atoms with Gasteiger partial charge in [0, 0.05) is 21.8 Å². The Balaban J connectivity index is 0.00000704. The molecule has 316 valence electrons. The minimum absolute atomic E-state index is 0. The van der Waals surface area contributed by atoms with E-state index in [1.165, 1.54) is 36.4 Å². The Hall–Kier alpha value is -4.53. The maximum absolute atomic E-state index is 13.0. The number of hydrogen-bond donors (Lipinski definition) is 7. The van der Waals surface area contributed by atoms with E-state index < -0.39 is 112 Å². The van der Waals surface area contributed by atoms with Crippen LogP contribution in [0.15, 0.2) is 109 Å². The second-order valence-corrected chi connectivity index (χ2v) is 19.7. The van der Waals surface area contributed by atoms with Crippen molar-refractivity contribution in [2.45, 2.75) is 19.6 Å². The largest absolute Gasteiger partial charge is 1.00 e. The van der Waals surface area contributed by atoms with Crippen molar-refractivity contribution in [1.82, 2.24) is 15.0 Å². The second-order valence-electron chi connectivity index (χ2n) is 12.0. The molecule has 0 saturated carbocycles. The standard InChI is InChI=1S/C31H24ClN7O16S5.Na/c32-29-35-30(33-17-5-7-18(8-6-17)56(41,42)12-11-55-60(52,53)54)37-31(36-29)34-25-26(28(59(49,50)51)23-4-2-1-3-22(23)27(25)40)39-38-24-15-20(58(46,47)48)14-16-13-19(57(43,44)45)9-10-21(16)24;/h1-10,13-15,40H,11-12H2,(H,43,44,45)(H,46,47,48)(H,49,50,51)(H,52,53,54)(H2,33,34,35,36,37);/q;+1. The molecule has 0 fully saturated rings. The Morgan fingerprint density at radius 3 is 1.80 bits per heavy atom. The number of aromatic nitrogens is 3. The van der Waals surface area contributed by atoms with Crippen molar-refractivity contribution in [3.8, 4) is 5.75 Å². The van der Waals surface area contributed by atoms with Crippen LogP contribution in [-0.2, 0) is 54.8 Å². The normalized spacial score (nSPS) is 12.7. The molecule has 6 rings (SSSR count). The summed E-state index contributed by atoms with van der Waals surface area (Å²) in [5.74, 6) is -2.33. The van der Waals surface area contributed by atoms with Crippen molar-refractivity contribution < 1.29 is 99.1 Å². The first kappa shape index (κ1) is 47.5. The van der Waals surface area contributed by atoms with Crippen LogP contribution in [0.4, 0.5) is 34.6 Å². The molecular weight excluding hydrogens is 945 g/mol. The molecule has 6 aromatic rings. The van der Waals surface area contributed by atoms with Crippen LogP contribution >= 0.6 is 11.6 Å². The van der Waals surface area contributed by atoms with Gasteiger partial charge in [-0.3, -0.25) is 18.2 Å². The van der Waals surface area contributed by atoms with E-state index in [-0.39, 0.29) is 67.6 Å². The van der Waals surface area contributed by atoms with Crippen LogP contribution in [0, 0.1) is 0 Å². The third kappa shape index (κ3) is 11.3. The molecular formula is C31H24ClN7NaO16S5+. The summed E-state index contributed by atoms with van der Waals surface area (Å²) >= 11 is 6.16. The third-order valence-electron chi connectivity index (χ3n) is 8.00. The van der Waals surface area contributed by atoms with Gasteiger partial charge in [0.1, 0.15) is 22.0 Å². The number of aromatic hydroxyl groups is 1. The van der Waals surface area contributed by atoms with Crippen LogP contribution in [0.25, 0.3) is 21.5 Å². The van der Waals surface area contributed by atoms with Crippen molar-refractivity contribution >= 4 is 118 Å². The first-order valence-electron chi connectivity index (χ1n) is 15.9. The number of benzene rings is 5. The maximum Gasteiger partial charge on any atom is 1.00 e. The predicted octanol–water partition coefficient (Wildman–Crippen LogP) is 1.78. The molecule has 1 aromatic heterocycles. The van der Waals surface area contributed by atoms with E-state index >= 15 is 0 Å². The van der Waals surface area contributed by atoms with E-state index in [0.29, 0.717) is 0 Å². The zero-order valence-electron chi connectivity index (χ0n) is 30.3. The summed E-state index contributed by atoms with van der Waals surface area (Å²) in [7, 11) is -24.1. The summed E-state index contributed by atoms with van der Waals surface area (Å²) in [6.45, 7) is -0.861. The first-order valence-corrected chi connectivity index (χ1v) is 23.6. The molecule has 0 aliphatic rings. The molecule has 0 bridgehead atoms. The van der Waals surface area contributed by atoms with Gasteiger partial charge in [0.25, 0.3) is 30.4 Å². The number of nitrogens with zero attached hydrogens (tertiary/aromatic N) is 5. The molecule has 5 aromatic carbocycles. The van der Waals surface area contributed by atoms with Crippen LogP contribution < -0.4 is 40.2 Å². The molecule has 0 saturated heterocycles. The van der Waals surface area contributed by atoms with Gasteiger partial charge in [0.05, 0.1) is 32.7 Å². The number of sulfone groups is 1. The molecule has 7 N–H and O–H groups in total. The summed E-state index contributed by atoms with van der Waals surface area (Å²) in [6, 6.07) is 14.6. The van der Waals surface area contributed by atoms with E-state index in [4.69, 9.17) is 16.2 Å². The Kier molecular flexibility index (Phi) is 13.8. The van der Waals surface area contributed by atoms with Crippen molar-refractivity contribution in [3.63, 3.8) is 0 Å². The van der Waals surface area contributed by atoms with E-state index in [1.807, 2.05) is 0 Å². The van der Waals surface area contributed by atoms with Gasteiger partial charge in [0.2, 0.25) is 17.2 Å². The van der Waals surface area contributed by atoms with Crippen molar-refractivity contribution in [2.75, 3.05) is 23.0 Å². The summed E-state index contributed by atoms with van der Waals surface area (Å²) in [5, 5.41) is 23.5. The first-order chi connectivity index (χ1) is 27.8. The molecule has 23 nitrogen and oxygen atoms in total. The van der Waals surface area contributed by atoms with Crippen molar-refractivity contribution in [3.05, 3.63) is 84.1 Å². The zero-order chi connectivity index (χ0) is 44.0. The van der Waals surface area contributed by atoms with E-state index in [2.05, 4.69) is 40.0 Å². The van der Waals surface area contributed by atoms with Crippen molar-refractivity contribution in [2.24, 2.45) is 10.2 Å². The fraction of sp³-hybridized carbons (Fsp3) is 0.0645. The number of azo groups is 1. The SMILES string of the molecule is O=S(=O)(O)OCCS(=O)(=O)c1ccc(Nc2nc(Cl)nc(Nc3c(N=Nc4cc(S(=O)(=O)O)cc5cc(S(=O)(=O)O)ccc45)c(S(=O)(=O)O)c4ccccc4c3O)n2)cc1.[Na+]. The number of phenolic OH excluding ortho intramolecular Hbond substituents is 1. The minimum atomic E-state index is -5.29.